The minimum absolute atomic E-state index is 0.329. The lowest BCUT2D eigenvalue weighted by molar-refractivity contribution is 0.0936. The fourth-order valence-electron chi connectivity index (χ4n) is 3.27. The number of hydrogen-bond acceptors (Lipinski definition) is 4. The Morgan fingerprint density at radius 2 is 2.00 bits per heavy atom. The van der Waals surface area contributed by atoms with Crippen molar-refractivity contribution < 1.29 is 0 Å². The quantitative estimate of drug-likeness (QED) is 0.860. The third-order valence-electron chi connectivity index (χ3n) is 4.49. The van der Waals surface area contributed by atoms with Gasteiger partial charge in [-0.2, -0.15) is 5.10 Å². The Labute approximate surface area is 115 Å². The third kappa shape index (κ3) is 2.68. The fraction of sp³-hybridized carbons (Fsp3) is 0.786. The molecule has 3 rings (SSSR count). The van der Waals surface area contributed by atoms with E-state index in [9.17, 15) is 0 Å². The van der Waals surface area contributed by atoms with Gasteiger partial charge in [-0.3, -0.25) is 14.5 Å². The first-order chi connectivity index (χ1) is 9.19. The van der Waals surface area contributed by atoms with Gasteiger partial charge in [-0.25, -0.2) is 0 Å². The van der Waals surface area contributed by atoms with Crippen LogP contribution in [0.4, 0.5) is 0 Å². The van der Waals surface area contributed by atoms with Crippen LogP contribution in [0.2, 0.25) is 0 Å². The lowest BCUT2D eigenvalue weighted by atomic mass is 10.1. The van der Waals surface area contributed by atoms with Gasteiger partial charge in [0.05, 0.1) is 11.7 Å². The van der Waals surface area contributed by atoms with Crippen molar-refractivity contribution in [1.82, 2.24) is 19.6 Å². The van der Waals surface area contributed by atoms with Crippen molar-refractivity contribution in [3.05, 3.63) is 17.5 Å². The van der Waals surface area contributed by atoms with Gasteiger partial charge in [0.1, 0.15) is 0 Å². The van der Waals surface area contributed by atoms with Crippen molar-refractivity contribution in [3.8, 4) is 0 Å². The van der Waals surface area contributed by atoms with E-state index in [-0.39, 0.29) is 0 Å². The molecule has 19 heavy (non-hydrogen) atoms. The average molecular weight is 263 g/mol. The summed E-state index contributed by atoms with van der Waals surface area (Å²) in [5.74, 6) is 0. The first-order valence-electron chi connectivity index (χ1n) is 7.37. The number of piperazine rings is 1. The molecule has 1 saturated heterocycles. The van der Waals surface area contributed by atoms with Crippen molar-refractivity contribution in [2.45, 2.75) is 31.8 Å². The molecule has 0 aromatic carbocycles. The third-order valence-corrected chi connectivity index (χ3v) is 4.49. The standard InChI is InChI=1S/C14H25N5/c1-11-13(10-17(2)16-11)14(9-15)19-7-5-18(6-8-19)12-3-4-12/h10,12,14H,3-9,15H2,1-2H3. The first kappa shape index (κ1) is 13.1. The van der Waals surface area contributed by atoms with Crippen LogP contribution in [-0.4, -0.2) is 58.3 Å². The molecule has 1 atom stereocenters. The molecule has 1 saturated carbocycles. The molecule has 1 aliphatic heterocycles. The molecular weight excluding hydrogens is 238 g/mol. The van der Waals surface area contributed by atoms with Crippen molar-refractivity contribution in [2.75, 3.05) is 32.7 Å². The largest absolute Gasteiger partial charge is 0.329 e. The van der Waals surface area contributed by atoms with E-state index in [1.165, 1.54) is 31.5 Å². The summed E-state index contributed by atoms with van der Waals surface area (Å²) in [6.45, 7) is 7.41. The van der Waals surface area contributed by atoms with Crippen LogP contribution in [0.15, 0.2) is 6.20 Å². The number of aromatic nitrogens is 2. The van der Waals surface area contributed by atoms with Crippen LogP contribution in [0.5, 0.6) is 0 Å². The maximum Gasteiger partial charge on any atom is 0.0641 e. The predicted octanol–water partition coefficient (Wildman–Crippen LogP) is 0.508. The van der Waals surface area contributed by atoms with Gasteiger partial charge in [0.25, 0.3) is 0 Å². The van der Waals surface area contributed by atoms with E-state index >= 15 is 0 Å². The SMILES string of the molecule is Cc1nn(C)cc1C(CN)N1CCN(C2CC2)CC1. The molecule has 106 valence electrons. The van der Waals surface area contributed by atoms with Crippen molar-refractivity contribution in [1.29, 1.82) is 0 Å². The van der Waals surface area contributed by atoms with E-state index < -0.39 is 0 Å². The molecule has 5 heteroatoms. The Morgan fingerprint density at radius 3 is 2.47 bits per heavy atom. The molecular formula is C14H25N5. The van der Waals surface area contributed by atoms with Gasteiger partial charge in [-0.1, -0.05) is 0 Å². The summed E-state index contributed by atoms with van der Waals surface area (Å²) < 4.78 is 1.90. The van der Waals surface area contributed by atoms with Crippen LogP contribution in [0.1, 0.15) is 30.1 Å². The van der Waals surface area contributed by atoms with Gasteiger partial charge < -0.3 is 5.73 Å². The smallest absolute Gasteiger partial charge is 0.0641 e. The lowest BCUT2D eigenvalue weighted by Gasteiger charge is -2.39. The summed E-state index contributed by atoms with van der Waals surface area (Å²) >= 11 is 0. The van der Waals surface area contributed by atoms with Crippen LogP contribution < -0.4 is 5.73 Å². The number of hydrogen-bond donors (Lipinski definition) is 1. The van der Waals surface area contributed by atoms with Crippen LogP contribution in [0.25, 0.3) is 0 Å². The number of nitrogens with two attached hydrogens (primary N) is 1. The van der Waals surface area contributed by atoms with E-state index in [4.69, 9.17) is 5.73 Å². The zero-order valence-electron chi connectivity index (χ0n) is 12.0. The summed E-state index contributed by atoms with van der Waals surface area (Å²) in [4.78, 5) is 5.17. The van der Waals surface area contributed by atoms with Crippen LogP contribution in [0, 0.1) is 6.92 Å². The monoisotopic (exact) mass is 263 g/mol. The minimum atomic E-state index is 0.329. The zero-order chi connectivity index (χ0) is 13.4. The second kappa shape index (κ2) is 5.23. The summed E-state index contributed by atoms with van der Waals surface area (Å²) in [7, 11) is 1.98. The van der Waals surface area contributed by atoms with Crippen molar-refractivity contribution in [3.63, 3.8) is 0 Å². The zero-order valence-corrected chi connectivity index (χ0v) is 12.0. The van der Waals surface area contributed by atoms with E-state index in [0.29, 0.717) is 12.6 Å². The number of rotatable bonds is 4. The van der Waals surface area contributed by atoms with Gasteiger partial charge in [0, 0.05) is 57.6 Å². The Morgan fingerprint density at radius 1 is 1.32 bits per heavy atom. The van der Waals surface area contributed by atoms with E-state index in [2.05, 4.69) is 28.0 Å². The highest BCUT2D eigenvalue weighted by Gasteiger charge is 2.33. The van der Waals surface area contributed by atoms with Crippen LogP contribution >= 0.6 is 0 Å². The molecule has 0 radical (unpaired) electrons. The molecule has 0 spiro atoms. The van der Waals surface area contributed by atoms with E-state index in [0.717, 1.165) is 24.8 Å². The minimum Gasteiger partial charge on any atom is -0.329 e. The molecule has 2 N–H and O–H groups in total. The van der Waals surface area contributed by atoms with Gasteiger partial charge in [-0.15, -0.1) is 0 Å². The number of aryl methyl sites for hydroxylation is 2. The van der Waals surface area contributed by atoms with Gasteiger partial charge in [0.2, 0.25) is 0 Å². The molecule has 2 aliphatic rings. The fourth-order valence-corrected chi connectivity index (χ4v) is 3.27. The second-order valence-electron chi connectivity index (χ2n) is 5.90. The second-order valence-corrected chi connectivity index (χ2v) is 5.90. The maximum absolute atomic E-state index is 6.03. The topological polar surface area (TPSA) is 50.3 Å². The molecule has 1 aromatic heterocycles. The summed E-state index contributed by atoms with van der Waals surface area (Å²) in [6.07, 6.45) is 4.93. The first-order valence-corrected chi connectivity index (χ1v) is 7.37. The lowest BCUT2D eigenvalue weighted by Crippen LogP contribution is -2.49. The highest BCUT2D eigenvalue weighted by atomic mass is 15.3. The summed E-state index contributed by atoms with van der Waals surface area (Å²) in [5.41, 5.74) is 8.44. The van der Waals surface area contributed by atoms with Gasteiger partial charge in [0.15, 0.2) is 0 Å². The maximum atomic E-state index is 6.03. The summed E-state index contributed by atoms with van der Waals surface area (Å²) in [5, 5.41) is 4.45. The molecule has 5 nitrogen and oxygen atoms in total. The highest BCUT2D eigenvalue weighted by Crippen LogP contribution is 2.29. The summed E-state index contributed by atoms with van der Waals surface area (Å²) in [6, 6.07) is 1.22. The molecule has 2 heterocycles. The molecule has 1 aromatic rings. The molecule has 1 aliphatic carbocycles. The van der Waals surface area contributed by atoms with Crippen LogP contribution in [0.3, 0.4) is 0 Å². The normalized spacial score (nSPS) is 23.7. The number of nitrogens with zero attached hydrogens (tertiary/aromatic N) is 4. The Hall–Kier alpha value is -0.910. The van der Waals surface area contributed by atoms with Crippen molar-refractivity contribution >= 4 is 0 Å². The molecule has 2 fully saturated rings. The predicted molar refractivity (Wildman–Crippen MR) is 75.9 cm³/mol. The Kier molecular flexibility index (Phi) is 3.60. The van der Waals surface area contributed by atoms with Gasteiger partial charge >= 0.3 is 0 Å². The van der Waals surface area contributed by atoms with Crippen LogP contribution in [-0.2, 0) is 7.05 Å². The van der Waals surface area contributed by atoms with E-state index in [1.807, 2.05) is 11.7 Å². The van der Waals surface area contributed by atoms with E-state index in [1.54, 1.807) is 0 Å². The average Bonchev–Trinajstić information content (AvgIpc) is 3.19. The highest BCUT2D eigenvalue weighted by molar-refractivity contribution is 5.21. The molecule has 0 amide bonds. The Bertz CT molecular complexity index is 429. The van der Waals surface area contributed by atoms with Gasteiger partial charge in [-0.05, 0) is 19.8 Å². The molecule has 0 bridgehead atoms. The van der Waals surface area contributed by atoms with Crippen molar-refractivity contribution in [2.24, 2.45) is 12.8 Å². The Balaban J connectivity index is 1.67. The molecule has 1 unspecified atom stereocenters.